The number of urea groups is 1. The van der Waals surface area contributed by atoms with E-state index in [-0.39, 0.29) is 42.0 Å². The number of hydrogen-bond acceptors (Lipinski definition) is 8. The minimum Gasteiger partial charge on any atom is -0.383 e. The number of aromatic nitrogens is 5. The lowest BCUT2D eigenvalue weighted by Gasteiger charge is -2.15. The number of amides is 2. The van der Waals surface area contributed by atoms with Gasteiger partial charge < -0.3 is 20.5 Å². The third-order valence-corrected chi connectivity index (χ3v) is 7.25. The fourth-order valence-electron chi connectivity index (χ4n) is 4.96. The fourth-order valence-corrected chi connectivity index (χ4v) is 4.96. The molecule has 2 fully saturated rings. The summed E-state index contributed by atoms with van der Waals surface area (Å²) in [4.78, 5) is 23.0. The Morgan fingerprint density at radius 1 is 1.21 bits per heavy atom. The van der Waals surface area contributed by atoms with Crippen molar-refractivity contribution < 1.29 is 26.9 Å². The molecular weight excluding hydrogens is 522 g/mol. The highest BCUT2D eigenvalue weighted by Gasteiger charge is 2.66. The number of halogens is 4. The zero-order valence-corrected chi connectivity index (χ0v) is 20.6. The van der Waals surface area contributed by atoms with Crippen LogP contribution in [0.1, 0.15) is 31.0 Å². The van der Waals surface area contributed by atoms with E-state index in [4.69, 9.17) is 15.4 Å². The number of nitrogens with zero attached hydrogens (tertiary/aromatic N) is 6. The van der Waals surface area contributed by atoms with Gasteiger partial charge in [-0.15, -0.1) is 0 Å². The van der Waals surface area contributed by atoms with Gasteiger partial charge in [0, 0.05) is 24.7 Å². The Morgan fingerprint density at radius 3 is 2.67 bits per heavy atom. The second kappa shape index (κ2) is 8.90. The molecule has 39 heavy (non-hydrogen) atoms. The van der Waals surface area contributed by atoms with Crippen molar-refractivity contribution in [3.63, 3.8) is 0 Å². The lowest BCUT2D eigenvalue weighted by molar-refractivity contribution is -0.161. The zero-order valence-electron chi connectivity index (χ0n) is 20.6. The molecule has 2 amide bonds. The van der Waals surface area contributed by atoms with Crippen molar-refractivity contribution in [3.8, 4) is 11.3 Å². The molecular formula is C24H23F4N9O2. The molecule has 4 aromatic rings. The average Bonchev–Trinajstić information content (AvgIpc) is 3.18. The van der Waals surface area contributed by atoms with Crippen LogP contribution in [0.3, 0.4) is 0 Å². The van der Waals surface area contributed by atoms with E-state index in [0.29, 0.717) is 22.3 Å². The van der Waals surface area contributed by atoms with Crippen LogP contribution in [0.25, 0.3) is 22.3 Å². The van der Waals surface area contributed by atoms with Crippen LogP contribution in [0.15, 0.2) is 35.1 Å². The van der Waals surface area contributed by atoms with Gasteiger partial charge in [-0.25, -0.2) is 23.8 Å². The first-order valence-corrected chi connectivity index (χ1v) is 12.1. The number of rotatable bonds is 5. The van der Waals surface area contributed by atoms with Gasteiger partial charge in [0.05, 0.1) is 17.1 Å². The first kappa shape index (κ1) is 25.0. The molecule has 1 aromatic carbocycles. The van der Waals surface area contributed by atoms with Crippen LogP contribution in [-0.2, 0) is 5.41 Å². The molecule has 1 aliphatic carbocycles. The summed E-state index contributed by atoms with van der Waals surface area (Å²) in [5, 5.41) is 13.2. The molecule has 204 valence electrons. The molecule has 15 heteroatoms. The Kier molecular flexibility index (Phi) is 5.71. The highest BCUT2D eigenvalue weighted by atomic mass is 19.4. The van der Waals surface area contributed by atoms with Crippen molar-refractivity contribution in [1.29, 1.82) is 0 Å². The predicted octanol–water partition coefficient (Wildman–Crippen LogP) is 4.32. The average molecular weight is 546 g/mol. The van der Waals surface area contributed by atoms with E-state index >= 15 is 4.39 Å². The molecule has 1 atom stereocenters. The molecule has 4 N–H and O–H groups in total. The normalized spacial score (nSPS) is 18.9. The monoisotopic (exact) mass is 545 g/mol. The molecule has 6 rings (SSSR count). The number of carbonyl (C=O) groups excluding carboxylic acids is 1. The summed E-state index contributed by atoms with van der Waals surface area (Å²) in [6, 6.07) is 4.27. The SMILES string of the molecule is CN1CCC(n2nc(-c3ccc(NC(=O)Nc4cc(C5(C(F)(F)F)CC5)no4)c(F)c3)c3c(N)ncnc32)C1. The summed E-state index contributed by atoms with van der Waals surface area (Å²) < 4.78 is 61.6. The molecule has 0 spiro atoms. The lowest BCUT2D eigenvalue weighted by Crippen LogP contribution is -2.28. The number of benzene rings is 1. The Labute approximate surface area is 218 Å². The minimum absolute atomic E-state index is 0.0672. The van der Waals surface area contributed by atoms with Crippen LogP contribution < -0.4 is 16.4 Å². The van der Waals surface area contributed by atoms with Crippen molar-refractivity contribution in [2.24, 2.45) is 0 Å². The minimum atomic E-state index is -4.47. The standard InChI is InChI=1S/C24H23F4N9O2/c1-36-7-4-13(10-36)37-21-18(20(29)30-11-31-21)19(34-37)12-2-3-15(14(25)8-12)32-22(38)33-17-9-16(35-39-17)23(5-6-23)24(26,27)28/h2-3,8-9,11,13H,4-7,10H2,1H3,(H2,29,30,31)(H2,32,33,38). The van der Waals surface area contributed by atoms with Gasteiger partial charge in [0.15, 0.2) is 5.65 Å². The molecule has 4 heterocycles. The number of carbonyl (C=O) groups is 1. The molecule has 0 radical (unpaired) electrons. The largest absolute Gasteiger partial charge is 0.400 e. The maximum Gasteiger partial charge on any atom is 0.400 e. The van der Waals surface area contributed by atoms with Crippen LogP contribution in [0, 0.1) is 5.82 Å². The Bertz CT molecular complexity index is 1580. The van der Waals surface area contributed by atoms with Crippen LogP contribution in [0.2, 0.25) is 0 Å². The summed E-state index contributed by atoms with van der Waals surface area (Å²) in [5.41, 5.74) is 4.97. The van der Waals surface area contributed by atoms with Crippen LogP contribution in [0.4, 0.5) is 39.7 Å². The summed E-state index contributed by atoms with van der Waals surface area (Å²) >= 11 is 0. The van der Waals surface area contributed by atoms with Crippen molar-refractivity contribution >= 4 is 34.5 Å². The first-order chi connectivity index (χ1) is 18.6. The summed E-state index contributed by atoms with van der Waals surface area (Å²) in [5.74, 6) is -0.853. The molecule has 0 bridgehead atoms. The van der Waals surface area contributed by atoms with Gasteiger partial charge in [0.25, 0.3) is 0 Å². The summed E-state index contributed by atoms with van der Waals surface area (Å²) in [6.45, 7) is 1.67. The number of nitrogen functional groups attached to an aromatic ring is 1. The van der Waals surface area contributed by atoms with Crippen molar-refractivity contribution in [1.82, 2.24) is 29.8 Å². The van der Waals surface area contributed by atoms with E-state index in [2.05, 4.69) is 30.7 Å². The third kappa shape index (κ3) is 4.31. The Balaban J connectivity index is 1.22. The number of alkyl halides is 3. The Morgan fingerprint density at radius 2 is 2.00 bits per heavy atom. The second-order valence-corrected chi connectivity index (χ2v) is 9.89. The van der Waals surface area contributed by atoms with E-state index in [1.54, 1.807) is 10.7 Å². The molecule has 1 aliphatic heterocycles. The summed E-state index contributed by atoms with van der Waals surface area (Å²) in [7, 11) is 2.01. The van der Waals surface area contributed by atoms with Gasteiger partial charge in [-0.2, -0.15) is 18.3 Å². The van der Waals surface area contributed by atoms with Gasteiger partial charge in [-0.3, -0.25) is 5.32 Å². The number of nitrogens with one attached hydrogen (secondary N) is 2. The van der Waals surface area contributed by atoms with Gasteiger partial charge in [0.1, 0.15) is 34.8 Å². The predicted molar refractivity (Wildman–Crippen MR) is 132 cm³/mol. The van der Waals surface area contributed by atoms with E-state index in [1.165, 1.54) is 18.5 Å². The molecule has 1 unspecified atom stereocenters. The quantitative estimate of drug-likeness (QED) is 0.315. The second-order valence-electron chi connectivity index (χ2n) is 9.89. The molecule has 3 aromatic heterocycles. The first-order valence-electron chi connectivity index (χ1n) is 12.1. The maximum atomic E-state index is 15.1. The van der Waals surface area contributed by atoms with Crippen LogP contribution in [0.5, 0.6) is 0 Å². The van der Waals surface area contributed by atoms with Gasteiger partial charge in [-0.05, 0) is 38.4 Å². The number of likely N-dealkylation sites (tertiary alicyclic amines) is 1. The van der Waals surface area contributed by atoms with E-state index in [1.807, 2.05) is 7.05 Å². The zero-order chi connectivity index (χ0) is 27.5. The van der Waals surface area contributed by atoms with Crippen molar-refractivity contribution in [2.45, 2.75) is 36.9 Å². The molecule has 1 saturated heterocycles. The highest BCUT2D eigenvalue weighted by molar-refractivity contribution is 6.00. The third-order valence-electron chi connectivity index (χ3n) is 7.25. The van der Waals surface area contributed by atoms with E-state index in [0.717, 1.165) is 25.6 Å². The van der Waals surface area contributed by atoms with Crippen molar-refractivity contribution in [2.75, 3.05) is 36.5 Å². The summed E-state index contributed by atoms with van der Waals surface area (Å²) in [6.07, 6.45) is -2.45. The number of likely N-dealkylation sites (N-methyl/N-ethyl adjacent to an activating group) is 1. The van der Waals surface area contributed by atoms with Gasteiger partial charge >= 0.3 is 12.2 Å². The molecule has 11 nitrogen and oxygen atoms in total. The van der Waals surface area contributed by atoms with Gasteiger partial charge in [0.2, 0.25) is 5.88 Å². The van der Waals surface area contributed by atoms with Crippen LogP contribution >= 0.6 is 0 Å². The number of fused-ring (bicyclic) bond motifs is 1. The van der Waals surface area contributed by atoms with Crippen molar-refractivity contribution in [3.05, 3.63) is 42.1 Å². The number of nitrogens with two attached hydrogens (primary N) is 1. The van der Waals surface area contributed by atoms with E-state index < -0.39 is 23.4 Å². The molecule has 2 aliphatic rings. The molecule has 1 saturated carbocycles. The highest BCUT2D eigenvalue weighted by Crippen LogP contribution is 2.58. The smallest absolute Gasteiger partial charge is 0.383 e. The maximum absolute atomic E-state index is 15.1. The Hall–Kier alpha value is -4.27. The van der Waals surface area contributed by atoms with E-state index in [9.17, 15) is 18.0 Å². The van der Waals surface area contributed by atoms with Gasteiger partial charge in [-0.1, -0.05) is 11.2 Å². The van der Waals surface area contributed by atoms with Crippen LogP contribution in [-0.4, -0.2) is 62.1 Å². The topological polar surface area (TPSA) is 140 Å². The number of hydrogen-bond donors (Lipinski definition) is 3. The number of anilines is 3. The lowest BCUT2D eigenvalue weighted by atomic mass is 10.0. The fraction of sp³-hybridized carbons (Fsp3) is 0.375.